The first kappa shape index (κ1) is 19.4. The molecule has 2 atom stereocenters. The molecule has 0 aromatic heterocycles. The van der Waals surface area contributed by atoms with Gasteiger partial charge in [0.25, 0.3) is 5.91 Å². The molecular formula is C18H26ClN3O3. The summed E-state index contributed by atoms with van der Waals surface area (Å²) in [5.41, 5.74) is 0. The first-order valence-electron chi connectivity index (χ1n) is 8.42. The highest BCUT2D eigenvalue weighted by molar-refractivity contribution is 6.32. The van der Waals surface area contributed by atoms with Gasteiger partial charge in [0.15, 0.2) is 6.61 Å². The zero-order valence-corrected chi connectivity index (χ0v) is 15.9. The zero-order valence-electron chi connectivity index (χ0n) is 15.2. The van der Waals surface area contributed by atoms with Crippen molar-refractivity contribution in [1.82, 2.24) is 15.1 Å². The third kappa shape index (κ3) is 5.01. The molecule has 138 valence electrons. The molecule has 1 fully saturated rings. The summed E-state index contributed by atoms with van der Waals surface area (Å²) in [6, 6.07) is 6.87. The molecule has 7 heteroatoms. The van der Waals surface area contributed by atoms with Crippen molar-refractivity contribution in [2.45, 2.75) is 19.9 Å². The molecule has 3 amide bonds. The van der Waals surface area contributed by atoms with Crippen molar-refractivity contribution in [2.24, 2.45) is 11.8 Å². The molecule has 1 aliphatic heterocycles. The van der Waals surface area contributed by atoms with Crippen molar-refractivity contribution < 1.29 is 14.3 Å². The molecule has 0 spiro atoms. The number of likely N-dealkylation sites (tertiary alicyclic amines) is 1. The first-order valence-corrected chi connectivity index (χ1v) is 8.80. The number of para-hydroxylation sites is 1. The van der Waals surface area contributed by atoms with E-state index >= 15 is 0 Å². The topological polar surface area (TPSA) is 61.9 Å². The molecule has 1 aliphatic rings. The highest BCUT2D eigenvalue weighted by Gasteiger charge is 2.38. The van der Waals surface area contributed by atoms with Crippen LogP contribution in [0.15, 0.2) is 24.3 Å². The fourth-order valence-electron chi connectivity index (χ4n) is 2.94. The van der Waals surface area contributed by atoms with Gasteiger partial charge >= 0.3 is 6.03 Å². The Balaban J connectivity index is 1.96. The number of urea groups is 1. The first-order chi connectivity index (χ1) is 11.8. The van der Waals surface area contributed by atoms with Gasteiger partial charge < -0.3 is 19.9 Å². The van der Waals surface area contributed by atoms with Gasteiger partial charge in [0.05, 0.1) is 11.1 Å². The van der Waals surface area contributed by atoms with Gasteiger partial charge in [0, 0.05) is 33.1 Å². The summed E-state index contributed by atoms with van der Waals surface area (Å²) < 4.78 is 5.54. The third-order valence-electron chi connectivity index (χ3n) is 4.48. The number of hydrogen-bond donors (Lipinski definition) is 1. The highest BCUT2D eigenvalue weighted by atomic mass is 35.5. The number of amides is 3. The number of ether oxygens (including phenoxy) is 1. The number of carbonyl (C=O) groups is 2. The monoisotopic (exact) mass is 367 g/mol. The molecule has 1 N–H and O–H groups in total. The fourth-order valence-corrected chi connectivity index (χ4v) is 3.13. The summed E-state index contributed by atoms with van der Waals surface area (Å²) >= 11 is 6.04. The van der Waals surface area contributed by atoms with Gasteiger partial charge in [-0.05, 0) is 18.1 Å². The molecule has 0 bridgehead atoms. The number of rotatable bonds is 5. The maximum atomic E-state index is 12.5. The molecule has 2 rings (SSSR count). The average molecular weight is 368 g/mol. The molecule has 2 unspecified atom stereocenters. The van der Waals surface area contributed by atoms with Crippen LogP contribution in [0, 0.1) is 11.8 Å². The van der Waals surface area contributed by atoms with E-state index in [1.165, 1.54) is 4.90 Å². The number of nitrogens with one attached hydrogen (secondary N) is 1. The number of nitrogens with zero attached hydrogens (tertiary/aromatic N) is 2. The minimum Gasteiger partial charge on any atom is -0.482 e. The molecule has 1 heterocycles. The van der Waals surface area contributed by atoms with Gasteiger partial charge in [-0.3, -0.25) is 4.79 Å². The molecular weight excluding hydrogens is 342 g/mol. The van der Waals surface area contributed by atoms with Crippen LogP contribution in [0.1, 0.15) is 13.8 Å². The van der Waals surface area contributed by atoms with Crippen molar-refractivity contribution in [3.05, 3.63) is 29.3 Å². The standard InChI is InChI=1S/C18H26ClN3O3/c1-12(2)13-9-22(10-15(13)20-18(24)21(3)4)17(23)11-25-16-8-6-5-7-14(16)19/h5-8,12-13,15H,9-11H2,1-4H3,(H,20,24). The number of halogens is 1. The Kier molecular flexibility index (Phi) is 6.53. The molecule has 1 aromatic carbocycles. The number of benzene rings is 1. The van der Waals surface area contributed by atoms with E-state index < -0.39 is 0 Å². The van der Waals surface area contributed by atoms with Crippen molar-refractivity contribution in [1.29, 1.82) is 0 Å². The lowest BCUT2D eigenvalue weighted by molar-refractivity contribution is -0.132. The van der Waals surface area contributed by atoms with Crippen molar-refractivity contribution in [3.8, 4) is 5.75 Å². The molecule has 0 aliphatic carbocycles. The molecule has 0 saturated carbocycles. The van der Waals surface area contributed by atoms with Gasteiger partial charge in [-0.2, -0.15) is 0 Å². The van der Waals surface area contributed by atoms with Crippen LogP contribution < -0.4 is 10.1 Å². The van der Waals surface area contributed by atoms with E-state index in [-0.39, 0.29) is 30.5 Å². The molecule has 0 radical (unpaired) electrons. The molecule has 6 nitrogen and oxygen atoms in total. The van der Waals surface area contributed by atoms with E-state index in [0.717, 1.165) is 0 Å². The van der Waals surface area contributed by atoms with E-state index in [1.807, 2.05) is 12.1 Å². The predicted octanol–water partition coefficient (Wildman–Crippen LogP) is 2.47. The number of carbonyl (C=O) groups excluding carboxylic acids is 2. The van der Waals surface area contributed by atoms with Crippen LogP contribution in [0.2, 0.25) is 5.02 Å². The summed E-state index contributed by atoms with van der Waals surface area (Å²) in [4.78, 5) is 27.7. The van der Waals surface area contributed by atoms with Crippen molar-refractivity contribution in [2.75, 3.05) is 33.8 Å². The van der Waals surface area contributed by atoms with Crippen LogP contribution in [0.3, 0.4) is 0 Å². The van der Waals surface area contributed by atoms with E-state index in [1.54, 1.807) is 31.1 Å². The second-order valence-electron chi connectivity index (χ2n) is 6.88. The van der Waals surface area contributed by atoms with Crippen LogP contribution in [0.4, 0.5) is 4.79 Å². The minimum atomic E-state index is -0.141. The maximum Gasteiger partial charge on any atom is 0.317 e. The quantitative estimate of drug-likeness (QED) is 0.869. The van der Waals surface area contributed by atoms with Crippen LogP contribution in [0.25, 0.3) is 0 Å². The summed E-state index contributed by atoms with van der Waals surface area (Å²) in [6.45, 7) is 5.25. The normalized spacial score (nSPS) is 19.8. The zero-order chi connectivity index (χ0) is 18.6. The summed E-state index contributed by atoms with van der Waals surface area (Å²) in [5, 5.41) is 3.49. The maximum absolute atomic E-state index is 12.5. The summed E-state index contributed by atoms with van der Waals surface area (Å²) in [6.07, 6.45) is 0. The lowest BCUT2D eigenvalue weighted by Crippen LogP contribution is -2.46. The van der Waals surface area contributed by atoms with Gasteiger partial charge in [0.2, 0.25) is 0 Å². The summed E-state index contributed by atoms with van der Waals surface area (Å²) in [5.74, 6) is 0.963. The van der Waals surface area contributed by atoms with E-state index in [4.69, 9.17) is 16.3 Å². The Morgan fingerprint density at radius 2 is 2.00 bits per heavy atom. The Morgan fingerprint density at radius 1 is 1.32 bits per heavy atom. The molecule has 1 aromatic rings. The van der Waals surface area contributed by atoms with E-state index in [0.29, 0.717) is 29.8 Å². The largest absolute Gasteiger partial charge is 0.482 e. The fraction of sp³-hybridized carbons (Fsp3) is 0.556. The highest BCUT2D eigenvalue weighted by Crippen LogP contribution is 2.26. The lowest BCUT2D eigenvalue weighted by atomic mass is 9.91. The third-order valence-corrected chi connectivity index (χ3v) is 4.79. The smallest absolute Gasteiger partial charge is 0.317 e. The lowest BCUT2D eigenvalue weighted by Gasteiger charge is -2.24. The number of hydrogen-bond acceptors (Lipinski definition) is 3. The Labute approximate surface area is 154 Å². The van der Waals surface area contributed by atoms with E-state index in [2.05, 4.69) is 19.2 Å². The SMILES string of the molecule is CC(C)C1CN(C(=O)COc2ccccc2Cl)CC1NC(=O)N(C)C. The second kappa shape index (κ2) is 8.43. The van der Waals surface area contributed by atoms with Crippen molar-refractivity contribution >= 4 is 23.5 Å². The van der Waals surface area contributed by atoms with Crippen LogP contribution in [0.5, 0.6) is 5.75 Å². The summed E-state index contributed by atoms with van der Waals surface area (Å²) in [7, 11) is 3.41. The van der Waals surface area contributed by atoms with E-state index in [9.17, 15) is 9.59 Å². The predicted molar refractivity (Wildman–Crippen MR) is 97.9 cm³/mol. The van der Waals surface area contributed by atoms with Gasteiger partial charge in [-0.25, -0.2) is 4.79 Å². The Bertz CT molecular complexity index is 621. The Hall–Kier alpha value is -1.95. The van der Waals surface area contributed by atoms with Crippen molar-refractivity contribution in [3.63, 3.8) is 0 Å². The average Bonchev–Trinajstić information content (AvgIpc) is 2.98. The molecule has 1 saturated heterocycles. The van der Waals surface area contributed by atoms with Crippen LogP contribution >= 0.6 is 11.6 Å². The van der Waals surface area contributed by atoms with Gasteiger partial charge in [0.1, 0.15) is 5.75 Å². The van der Waals surface area contributed by atoms with Crippen LogP contribution in [-0.4, -0.2) is 61.6 Å². The van der Waals surface area contributed by atoms with Crippen LogP contribution in [-0.2, 0) is 4.79 Å². The van der Waals surface area contributed by atoms with Gasteiger partial charge in [-0.15, -0.1) is 0 Å². The van der Waals surface area contributed by atoms with Gasteiger partial charge in [-0.1, -0.05) is 37.6 Å². The molecule has 25 heavy (non-hydrogen) atoms. The second-order valence-corrected chi connectivity index (χ2v) is 7.28. The Morgan fingerprint density at radius 3 is 2.60 bits per heavy atom. The minimum absolute atomic E-state index is 0.0563.